The van der Waals surface area contributed by atoms with E-state index in [1.165, 1.54) is 0 Å². The Morgan fingerprint density at radius 2 is 1.81 bits per heavy atom. The van der Waals surface area contributed by atoms with Gasteiger partial charge in [-0.05, 0) is 30.7 Å². The summed E-state index contributed by atoms with van der Waals surface area (Å²) in [7, 11) is 0. The molecule has 1 aliphatic rings. The number of nitriles is 1. The van der Waals surface area contributed by atoms with Crippen LogP contribution in [0.1, 0.15) is 22.5 Å². The summed E-state index contributed by atoms with van der Waals surface area (Å²) in [4.78, 5) is 29.0. The molecule has 1 fully saturated rings. The zero-order valence-electron chi connectivity index (χ0n) is 17.5. The van der Waals surface area contributed by atoms with Crippen LogP contribution in [0.5, 0.6) is 0 Å². The Morgan fingerprint density at radius 1 is 1.03 bits per heavy atom. The fourth-order valence-electron chi connectivity index (χ4n) is 3.65. The second kappa shape index (κ2) is 9.79. The Labute approximate surface area is 186 Å². The second-order valence-corrected chi connectivity index (χ2v) is 7.51. The lowest BCUT2D eigenvalue weighted by atomic mass is 10.1. The molecular weight excluding hydrogens is 406 g/mol. The quantitative estimate of drug-likeness (QED) is 0.669. The Hall–Kier alpha value is -4.12. The van der Waals surface area contributed by atoms with Crippen molar-refractivity contribution in [3.63, 3.8) is 0 Å². The first-order chi connectivity index (χ1) is 15.6. The zero-order valence-corrected chi connectivity index (χ0v) is 17.5. The van der Waals surface area contributed by atoms with E-state index in [9.17, 15) is 9.59 Å². The van der Waals surface area contributed by atoms with Crippen molar-refractivity contribution < 1.29 is 14.1 Å². The molecule has 0 atom stereocenters. The van der Waals surface area contributed by atoms with Gasteiger partial charge in [0.15, 0.2) is 11.5 Å². The molecule has 0 radical (unpaired) electrons. The van der Waals surface area contributed by atoms with Crippen molar-refractivity contribution in [2.24, 2.45) is 0 Å². The van der Waals surface area contributed by atoms with E-state index in [1.54, 1.807) is 23.1 Å². The molecule has 0 spiro atoms. The molecule has 1 aliphatic heterocycles. The summed E-state index contributed by atoms with van der Waals surface area (Å²) >= 11 is 0. The molecule has 2 amide bonds. The minimum Gasteiger partial charge on any atom is -0.370 e. The van der Waals surface area contributed by atoms with E-state index in [0.717, 1.165) is 24.2 Å². The SMILES string of the molecule is N#Cc1ccc(N2CCCN(C(=O)CNC(=O)c3cc(-c4ccccc4)on3)CC2)cc1. The van der Waals surface area contributed by atoms with Gasteiger partial charge >= 0.3 is 0 Å². The third-order valence-electron chi connectivity index (χ3n) is 5.41. The van der Waals surface area contributed by atoms with Crippen LogP contribution in [0.4, 0.5) is 5.69 Å². The third-order valence-corrected chi connectivity index (χ3v) is 5.41. The van der Waals surface area contributed by atoms with Gasteiger partial charge in [0.25, 0.3) is 5.91 Å². The van der Waals surface area contributed by atoms with E-state index in [2.05, 4.69) is 21.4 Å². The Balaban J connectivity index is 1.29. The molecule has 1 saturated heterocycles. The lowest BCUT2D eigenvalue weighted by Crippen LogP contribution is -2.42. The van der Waals surface area contributed by atoms with Crippen molar-refractivity contribution in [1.29, 1.82) is 5.26 Å². The topological polar surface area (TPSA) is 102 Å². The third kappa shape index (κ3) is 4.95. The summed E-state index contributed by atoms with van der Waals surface area (Å²) in [5.74, 6) is -0.0809. The first-order valence-corrected chi connectivity index (χ1v) is 10.5. The van der Waals surface area contributed by atoms with E-state index in [1.807, 2.05) is 42.5 Å². The predicted octanol–water partition coefficient (Wildman–Crippen LogP) is 2.68. The largest absolute Gasteiger partial charge is 0.370 e. The molecule has 3 aromatic rings. The average molecular weight is 429 g/mol. The normalized spacial score (nSPS) is 13.8. The molecule has 1 N–H and O–H groups in total. The van der Waals surface area contributed by atoms with Crippen LogP contribution >= 0.6 is 0 Å². The van der Waals surface area contributed by atoms with E-state index in [4.69, 9.17) is 9.78 Å². The van der Waals surface area contributed by atoms with Gasteiger partial charge in [-0.1, -0.05) is 35.5 Å². The lowest BCUT2D eigenvalue weighted by molar-refractivity contribution is -0.129. The van der Waals surface area contributed by atoms with Crippen LogP contribution in [0, 0.1) is 11.3 Å². The number of anilines is 1. The van der Waals surface area contributed by atoms with E-state index in [-0.39, 0.29) is 18.1 Å². The summed E-state index contributed by atoms with van der Waals surface area (Å²) in [5.41, 5.74) is 2.62. The minimum absolute atomic E-state index is 0.0940. The van der Waals surface area contributed by atoms with Crippen LogP contribution < -0.4 is 10.2 Å². The molecule has 1 aromatic heterocycles. The molecule has 32 heavy (non-hydrogen) atoms. The summed E-state index contributed by atoms with van der Waals surface area (Å²) in [6.07, 6.45) is 0.823. The number of hydrogen-bond acceptors (Lipinski definition) is 6. The number of amides is 2. The highest BCUT2D eigenvalue weighted by atomic mass is 16.5. The average Bonchev–Trinajstić information content (AvgIpc) is 3.21. The fourth-order valence-corrected chi connectivity index (χ4v) is 3.65. The molecular formula is C24H23N5O3. The molecule has 8 heteroatoms. The number of nitrogens with zero attached hydrogens (tertiary/aromatic N) is 4. The van der Waals surface area contributed by atoms with E-state index < -0.39 is 5.91 Å². The number of benzene rings is 2. The first kappa shape index (κ1) is 21.1. The maximum atomic E-state index is 12.7. The van der Waals surface area contributed by atoms with Crippen molar-refractivity contribution >= 4 is 17.5 Å². The van der Waals surface area contributed by atoms with Crippen molar-refractivity contribution in [2.45, 2.75) is 6.42 Å². The van der Waals surface area contributed by atoms with Gasteiger partial charge < -0.3 is 19.6 Å². The van der Waals surface area contributed by atoms with Crippen molar-refractivity contribution in [1.82, 2.24) is 15.4 Å². The smallest absolute Gasteiger partial charge is 0.273 e. The Bertz CT molecular complexity index is 1120. The maximum Gasteiger partial charge on any atom is 0.273 e. The lowest BCUT2D eigenvalue weighted by Gasteiger charge is -2.23. The van der Waals surface area contributed by atoms with Crippen LogP contribution in [0.2, 0.25) is 0 Å². The Morgan fingerprint density at radius 3 is 2.56 bits per heavy atom. The molecule has 0 aliphatic carbocycles. The standard InChI is InChI=1S/C24H23N5O3/c25-16-18-7-9-20(10-8-18)28-11-4-12-29(14-13-28)23(30)17-26-24(31)21-15-22(32-27-21)19-5-2-1-3-6-19/h1-3,5-10,15H,4,11-14,17H2,(H,26,31). The van der Waals surface area contributed by atoms with Gasteiger partial charge in [0.05, 0.1) is 18.2 Å². The summed E-state index contributed by atoms with van der Waals surface area (Å²) in [6.45, 7) is 2.61. The highest BCUT2D eigenvalue weighted by molar-refractivity contribution is 5.95. The van der Waals surface area contributed by atoms with Gasteiger partial charge in [-0.25, -0.2) is 0 Å². The maximum absolute atomic E-state index is 12.7. The molecule has 2 heterocycles. The number of nitrogens with one attached hydrogen (secondary N) is 1. The van der Waals surface area contributed by atoms with E-state index in [0.29, 0.717) is 31.0 Å². The summed E-state index contributed by atoms with van der Waals surface area (Å²) in [5, 5.41) is 15.4. The number of rotatable bonds is 5. The minimum atomic E-state index is -0.446. The Kier molecular flexibility index (Phi) is 6.46. The van der Waals surface area contributed by atoms with Crippen LogP contribution in [0.15, 0.2) is 65.2 Å². The van der Waals surface area contributed by atoms with Gasteiger partial charge in [-0.3, -0.25) is 9.59 Å². The number of hydrogen-bond donors (Lipinski definition) is 1. The highest BCUT2D eigenvalue weighted by Crippen LogP contribution is 2.20. The van der Waals surface area contributed by atoms with Gasteiger partial charge in [0.2, 0.25) is 5.91 Å². The number of carbonyl (C=O) groups is 2. The molecule has 2 aromatic carbocycles. The van der Waals surface area contributed by atoms with E-state index >= 15 is 0 Å². The molecule has 0 bridgehead atoms. The van der Waals surface area contributed by atoms with Crippen molar-refractivity contribution in [3.8, 4) is 17.4 Å². The second-order valence-electron chi connectivity index (χ2n) is 7.51. The molecule has 162 valence electrons. The number of aromatic nitrogens is 1. The zero-order chi connectivity index (χ0) is 22.3. The van der Waals surface area contributed by atoms with Gasteiger partial charge in [0, 0.05) is 43.5 Å². The predicted molar refractivity (Wildman–Crippen MR) is 119 cm³/mol. The van der Waals surface area contributed by atoms with Crippen LogP contribution in [-0.4, -0.2) is 54.6 Å². The van der Waals surface area contributed by atoms with Gasteiger partial charge in [-0.2, -0.15) is 5.26 Å². The fraction of sp³-hybridized carbons (Fsp3) is 0.250. The summed E-state index contributed by atoms with van der Waals surface area (Å²) < 4.78 is 5.25. The molecule has 0 saturated carbocycles. The van der Waals surface area contributed by atoms with Crippen LogP contribution in [0.25, 0.3) is 11.3 Å². The molecule has 4 rings (SSSR count). The van der Waals surface area contributed by atoms with Crippen molar-refractivity contribution in [3.05, 3.63) is 71.9 Å². The van der Waals surface area contributed by atoms with Gasteiger partial charge in [-0.15, -0.1) is 0 Å². The van der Waals surface area contributed by atoms with Crippen LogP contribution in [0.3, 0.4) is 0 Å². The summed E-state index contributed by atoms with van der Waals surface area (Å²) in [6, 6.07) is 20.5. The van der Waals surface area contributed by atoms with Crippen LogP contribution in [-0.2, 0) is 4.79 Å². The van der Waals surface area contributed by atoms with Crippen molar-refractivity contribution in [2.75, 3.05) is 37.6 Å². The monoisotopic (exact) mass is 429 g/mol. The molecule has 8 nitrogen and oxygen atoms in total. The molecule has 0 unspecified atom stereocenters. The first-order valence-electron chi connectivity index (χ1n) is 10.5. The highest BCUT2D eigenvalue weighted by Gasteiger charge is 2.21. The number of carbonyl (C=O) groups excluding carboxylic acids is 2. The van der Waals surface area contributed by atoms with Gasteiger partial charge in [0.1, 0.15) is 0 Å².